The van der Waals surface area contributed by atoms with Crippen LogP contribution in [0.5, 0.6) is 0 Å². The van der Waals surface area contributed by atoms with Gasteiger partial charge in [0.25, 0.3) is 0 Å². The predicted molar refractivity (Wildman–Crippen MR) is 73.9 cm³/mol. The maximum Gasteiger partial charge on any atom is 0.320 e. The van der Waals surface area contributed by atoms with Crippen molar-refractivity contribution in [2.45, 2.75) is 13.8 Å². The molecule has 1 rings (SSSR count). The van der Waals surface area contributed by atoms with E-state index in [2.05, 4.69) is 5.32 Å². The van der Waals surface area contributed by atoms with E-state index in [1.54, 1.807) is 33.0 Å². The van der Waals surface area contributed by atoms with Gasteiger partial charge in [-0.2, -0.15) is 0 Å². The summed E-state index contributed by atoms with van der Waals surface area (Å²) < 4.78 is 18.1. The van der Waals surface area contributed by atoms with Crippen LogP contribution < -0.4 is 5.32 Å². The zero-order valence-electron chi connectivity index (χ0n) is 11.9. The summed E-state index contributed by atoms with van der Waals surface area (Å²) in [6.07, 6.45) is 0. The molecule has 0 aromatic heterocycles. The third-order valence-corrected chi connectivity index (χ3v) is 2.57. The van der Waals surface area contributed by atoms with Gasteiger partial charge in [0.15, 0.2) is 0 Å². The van der Waals surface area contributed by atoms with Crippen LogP contribution in [0.1, 0.15) is 12.5 Å². The second-order valence-electron chi connectivity index (χ2n) is 4.49. The highest BCUT2D eigenvalue weighted by Gasteiger charge is 2.11. The van der Waals surface area contributed by atoms with Gasteiger partial charge in [0.2, 0.25) is 5.91 Å². The molecule has 0 aliphatic heterocycles. The predicted octanol–water partition coefficient (Wildman–Crippen LogP) is 1.57. The molecule has 1 aromatic carbocycles. The van der Waals surface area contributed by atoms with Gasteiger partial charge in [0, 0.05) is 5.69 Å². The molecule has 6 heteroatoms. The summed E-state index contributed by atoms with van der Waals surface area (Å²) in [4.78, 5) is 24.5. The number of carbonyl (C=O) groups excluding carboxylic acids is 2. The van der Waals surface area contributed by atoms with E-state index in [1.807, 2.05) is 0 Å². The molecule has 110 valence electrons. The van der Waals surface area contributed by atoms with E-state index in [9.17, 15) is 14.0 Å². The van der Waals surface area contributed by atoms with Crippen molar-refractivity contribution in [2.24, 2.45) is 0 Å². The Kier molecular flexibility index (Phi) is 6.11. The van der Waals surface area contributed by atoms with Crippen LogP contribution in [-0.4, -0.2) is 43.5 Å². The van der Waals surface area contributed by atoms with Crippen LogP contribution in [-0.2, 0) is 14.3 Å². The van der Waals surface area contributed by atoms with Crippen molar-refractivity contribution < 1.29 is 18.7 Å². The monoisotopic (exact) mass is 282 g/mol. The lowest BCUT2D eigenvalue weighted by Crippen LogP contribution is -2.34. The Bertz CT molecular complexity index is 491. The Morgan fingerprint density at radius 2 is 2.05 bits per heavy atom. The number of likely N-dealkylation sites (N-methyl/N-ethyl adjacent to an activating group) is 1. The molecule has 1 amide bonds. The molecule has 0 aliphatic carbocycles. The molecule has 1 N–H and O–H groups in total. The molecule has 0 saturated heterocycles. The van der Waals surface area contributed by atoms with E-state index in [1.165, 1.54) is 11.0 Å². The fourth-order valence-electron chi connectivity index (χ4n) is 1.60. The standard InChI is InChI=1S/C14H19FN2O3/c1-4-20-14(19)9-17(3)8-13(18)16-11-6-5-10(2)12(15)7-11/h5-7H,4,8-9H2,1-3H3,(H,16,18). The summed E-state index contributed by atoms with van der Waals surface area (Å²) in [5.41, 5.74) is 0.907. The number of nitrogens with one attached hydrogen (secondary N) is 1. The highest BCUT2D eigenvalue weighted by atomic mass is 19.1. The first-order valence-electron chi connectivity index (χ1n) is 6.32. The molecule has 0 fully saturated rings. The summed E-state index contributed by atoms with van der Waals surface area (Å²) in [5, 5.41) is 2.57. The molecule has 1 aromatic rings. The minimum absolute atomic E-state index is 0.0221. The van der Waals surface area contributed by atoms with E-state index in [4.69, 9.17) is 4.74 Å². The average Bonchev–Trinajstić information content (AvgIpc) is 2.33. The first kappa shape index (κ1) is 16.1. The molecular formula is C14H19FN2O3. The lowest BCUT2D eigenvalue weighted by molar-refractivity contribution is -0.144. The van der Waals surface area contributed by atoms with Crippen LogP contribution in [0.15, 0.2) is 18.2 Å². The van der Waals surface area contributed by atoms with E-state index >= 15 is 0 Å². The van der Waals surface area contributed by atoms with Crippen molar-refractivity contribution in [3.05, 3.63) is 29.6 Å². The number of ether oxygens (including phenoxy) is 1. The summed E-state index contributed by atoms with van der Waals surface area (Å²) in [7, 11) is 1.63. The normalized spacial score (nSPS) is 10.4. The molecule has 0 spiro atoms. The van der Waals surface area contributed by atoms with E-state index < -0.39 is 0 Å². The van der Waals surface area contributed by atoms with E-state index in [0.29, 0.717) is 17.9 Å². The number of rotatable bonds is 6. The Hall–Kier alpha value is -1.95. The van der Waals surface area contributed by atoms with Gasteiger partial charge >= 0.3 is 5.97 Å². The van der Waals surface area contributed by atoms with Gasteiger partial charge in [-0.15, -0.1) is 0 Å². The average molecular weight is 282 g/mol. The first-order valence-corrected chi connectivity index (χ1v) is 6.32. The lowest BCUT2D eigenvalue weighted by atomic mass is 10.2. The Morgan fingerprint density at radius 1 is 1.35 bits per heavy atom. The number of benzene rings is 1. The van der Waals surface area contributed by atoms with Gasteiger partial charge < -0.3 is 10.1 Å². The molecule has 0 heterocycles. The molecule has 0 saturated carbocycles. The van der Waals surface area contributed by atoms with E-state index in [0.717, 1.165) is 0 Å². The minimum atomic E-state index is -0.385. The SMILES string of the molecule is CCOC(=O)CN(C)CC(=O)Nc1ccc(C)c(F)c1. The number of hydrogen-bond acceptors (Lipinski definition) is 4. The number of halogens is 1. The molecule has 0 unspecified atom stereocenters. The van der Waals surface area contributed by atoms with Crippen LogP contribution >= 0.6 is 0 Å². The number of aryl methyl sites for hydroxylation is 1. The Morgan fingerprint density at radius 3 is 2.65 bits per heavy atom. The van der Waals surface area contributed by atoms with Crippen LogP contribution in [0.25, 0.3) is 0 Å². The fourth-order valence-corrected chi connectivity index (χ4v) is 1.60. The summed E-state index contributed by atoms with van der Waals surface area (Å²) >= 11 is 0. The number of carbonyl (C=O) groups is 2. The fraction of sp³-hybridized carbons (Fsp3) is 0.429. The van der Waals surface area contributed by atoms with Crippen molar-refractivity contribution in [3.63, 3.8) is 0 Å². The van der Waals surface area contributed by atoms with Gasteiger partial charge in [-0.3, -0.25) is 14.5 Å². The second kappa shape index (κ2) is 7.59. The third kappa shape index (κ3) is 5.36. The largest absolute Gasteiger partial charge is 0.465 e. The lowest BCUT2D eigenvalue weighted by Gasteiger charge is -2.15. The van der Waals surface area contributed by atoms with Crippen molar-refractivity contribution in [2.75, 3.05) is 32.1 Å². The maximum absolute atomic E-state index is 13.3. The number of esters is 1. The highest BCUT2D eigenvalue weighted by molar-refractivity contribution is 5.92. The van der Waals surface area contributed by atoms with Crippen molar-refractivity contribution in [3.8, 4) is 0 Å². The summed E-state index contributed by atoms with van der Waals surface area (Å²) in [6, 6.07) is 4.48. The number of amides is 1. The van der Waals surface area contributed by atoms with E-state index in [-0.39, 0.29) is 30.8 Å². The molecular weight excluding hydrogens is 263 g/mol. The highest BCUT2D eigenvalue weighted by Crippen LogP contribution is 2.13. The Labute approximate surface area is 117 Å². The second-order valence-corrected chi connectivity index (χ2v) is 4.49. The number of hydrogen-bond donors (Lipinski definition) is 1. The van der Waals surface area contributed by atoms with Crippen LogP contribution in [0.4, 0.5) is 10.1 Å². The van der Waals surface area contributed by atoms with Crippen LogP contribution in [0.2, 0.25) is 0 Å². The molecule has 20 heavy (non-hydrogen) atoms. The topological polar surface area (TPSA) is 58.6 Å². The number of anilines is 1. The zero-order chi connectivity index (χ0) is 15.1. The van der Waals surface area contributed by atoms with Gasteiger partial charge in [0.05, 0.1) is 19.7 Å². The molecule has 0 radical (unpaired) electrons. The van der Waals surface area contributed by atoms with Crippen molar-refractivity contribution in [1.82, 2.24) is 4.90 Å². The summed E-state index contributed by atoms with van der Waals surface area (Å²) in [5.74, 6) is -1.08. The summed E-state index contributed by atoms with van der Waals surface area (Å²) in [6.45, 7) is 3.73. The smallest absolute Gasteiger partial charge is 0.320 e. The van der Waals surface area contributed by atoms with Crippen molar-refractivity contribution >= 4 is 17.6 Å². The van der Waals surface area contributed by atoms with Gasteiger partial charge in [-0.25, -0.2) is 4.39 Å². The maximum atomic E-state index is 13.3. The molecule has 5 nitrogen and oxygen atoms in total. The van der Waals surface area contributed by atoms with Crippen molar-refractivity contribution in [1.29, 1.82) is 0 Å². The van der Waals surface area contributed by atoms with Crippen LogP contribution in [0, 0.1) is 12.7 Å². The van der Waals surface area contributed by atoms with Gasteiger partial charge in [0.1, 0.15) is 5.82 Å². The molecule has 0 aliphatic rings. The Balaban J connectivity index is 2.46. The quantitative estimate of drug-likeness (QED) is 0.805. The third-order valence-electron chi connectivity index (χ3n) is 2.57. The molecule has 0 atom stereocenters. The zero-order valence-corrected chi connectivity index (χ0v) is 11.9. The van der Waals surface area contributed by atoms with Gasteiger partial charge in [-0.05, 0) is 38.6 Å². The molecule has 0 bridgehead atoms. The van der Waals surface area contributed by atoms with Crippen LogP contribution in [0.3, 0.4) is 0 Å². The minimum Gasteiger partial charge on any atom is -0.465 e. The number of nitrogens with zero attached hydrogens (tertiary/aromatic N) is 1. The first-order chi connectivity index (χ1) is 9.42. The van der Waals surface area contributed by atoms with Gasteiger partial charge in [-0.1, -0.05) is 6.07 Å².